The van der Waals surface area contributed by atoms with E-state index in [1.165, 1.54) is 5.56 Å². The standard InChI is InChI=1S/C15H26N2O/c1-12(16-11-15(2,3)17(4)5)10-13-6-8-14(18)9-7-13/h6-9,12,16,18H,10-11H2,1-5H3. The highest BCUT2D eigenvalue weighted by atomic mass is 16.3. The van der Waals surface area contributed by atoms with Gasteiger partial charge in [0.25, 0.3) is 0 Å². The van der Waals surface area contributed by atoms with Gasteiger partial charge in [-0.25, -0.2) is 0 Å². The number of nitrogens with one attached hydrogen (secondary N) is 1. The van der Waals surface area contributed by atoms with E-state index in [0.29, 0.717) is 11.8 Å². The molecular weight excluding hydrogens is 224 g/mol. The molecule has 0 saturated heterocycles. The number of phenols is 1. The Morgan fingerprint density at radius 1 is 1.22 bits per heavy atom. The maximum Gasteiger partial charge on any atom is 0.115 e. The number of benzene rings is 1. The fourth-order valence-corrected chi connectivity index (χ4v) is 1.64. The first-order valence-electron chi connectivity index (χ1n) is 6.50. The molecule has 0 aliphatic carbocycles. The van der Waals surface area contributed by atoms with Crippen LogP contribution in [-0.2, 0) is 6.42 Å². The highest BCUT2D eigenvalue weighted by Crippen LogP contribution is 2.12. The quantitative estimate of drug-likeness (QED) is 0.813. The average molecular weight is 250 g/mol. The van der Waals surface area contributed by atoms with Crippen LogP contribution in [0.2, 0.25) is 0 Å². The minimum Gasteiger partial charge on any atom is -0.508 e. The third-order valence-corrected chi connectivity index (χ3v) is 3.57. The van der Waals surface area contributed by atoms with Crippen molar-refractivity contribution in [3.8, 4) is 5.75 Å². The van der Waals surface area contributed by atoms with Gasteiger partial charge in [0.1, 0.15) is 5.75 Å². The zero-order valence-electron chi connectivity index (χ0n) is 12.2. The predicted octanol–water partition coefficient (Wildman–Crippen LogP) is 2.25. The Hall–Kier alpha value is -1.06. The van der Waals surface area contributed by atoms with Crippen molar-refractivity contribution in [1.82, 2.24) is 10.2 Å². The summed E-state index contributed by atoms with van der Waals surface area (Å²) in [5.74, 6) is 0.327. The molecule has 0 saturated carbocycles. The maximum absolute atomic E-state index is 9.24. The van der Waals surface area contributed by atoms with Crippen LogP contribution in [0.5, 0.6) is 5.75 Å². The van der Waals surface area contributed by atoms with E-state index in [1.54, 1.807) is 12.1 Å². The lowest BCUT2D eigenvalue weighted by Crippen LogP contribution is -2.49. The molecule has 1 aromatic carbocycles. The molecule has 0 aliphatic rings. The van der Waals surface area contributed by atoms with Crippen molar-refractivity contribution < 1.29 is 5.11 Å². The average Bonchev–Trinajstić information content (AvgIpc) is 2.29. The van der Waals surface area contributed by atoms with E-state index >= 15 is 0 Å². The van der Waals surface area contributed by atoms with Gasteiger partial charge in [-0.15, -0.1) is 0 Å². The van der Waals surface area contributed by atoms with Gasteiger partial charge in [-0.1, -0.05) is 12.1 Å². The van der Waals surface area contributed by atoms with Crippen LogP contribution in [-0.4, -0.2) is 42.2 Å². The third-order valence-electron chi connectivity index (χ3n) is 3.57. The zero-order chi connectivity index (χ0) is 13.8. The summed E-state index contributed by atoms with van der Waals surface area (Å²) in [6, 6.07) is 7.86. The summed E-state index contributed by atoms with van der Waals surface area (Å²) in [7, 11) is 4.21. The van der Waals surface area contributed by atoms with Crippen molar-refractivity contribution in [2.45, 2.75) is 38.8 Å². The van der Waals surface area contributed by atoms with Crippen LogP contribution in [0.25, 0.3) is 0 Å². The Labute approximate surface area is 111 Å². The minimum absolute atomic E-state index is 0.156. The first kappa shape index (κ1) is 15.0. The summed E-state index contributed by atoms with van der Waals surface area (Å²) in [5, 5.41) is 12.8. The van der Waals surface area contributed by atoms with Gasteiger partial charge in [0.2, 0.25) is 0 Å². The van der Waals surface area contributed by atoms with E-state index in [1.807, 2.05) is 12.1 Å². The van der Waals surface area contributed by atoms with Gasteiger partial charge in [0.05, 0.1) is 0 Å². The summed E-state index contributed by atoms with van der Waals surface area (Å²) in [6.07, 6.45) is 0.976. The van der Waals surface area contributed by atoms with Gasteiger partial charge >= 0.3 is 0 Å². The fraction of sp³-hybridized carbons (Fsp3) is 0.600. The first-order chi connectivity index (χ1) is 8.31. The van der Waals surface area contributed by atoms with Crippen molar-refractivity contribution in [3.63, 3.8) is 0 Å². The lowest BCUT2D eigenvalue weighted by atomic mass is 10.0. The van der Waals surface area contributed by atoms with E-state index in [4.69, 9.17) is 0 Å². The van der Waals surface area contributed by atoms with Gasteiger partial charge in [-0.2, -0.15) is 0 Å². The Balaban J connectivity index is 2.42. The lowest BCUT2D eigenvalue weighted by molar-refractivity contribution is 0.185. The fourth-order valence-electron chi connectivity index (χ4n) is 1.64. The normalized spacial score (nSPS) is 13.9. The molecule has 0 aliphatic heterocycles. The second-order valence-corrected chi connectivity index (χ2v) is 5.86. The Kier molecular flexibility index (Phi) is 5.17. The number of rotatable bonds is 6. The summed E-state index contributed by atoms with van der Waals surface area (Å²) in [5.41, 5.74) is 1.40. The van der Waals surface area contributed by atoms with E-state index in [-0.39, 0.29) is 5.54 Å². The number of aromatic hydroxyl groups is 1. The van der Waals surface area contributed by atoms with Crippen molar-refractivity contribution in [1.29, 1.82) is 0 Å². The largest absolute Gasteiger partial charge is 0.508 e. The monoisotopic (exact) mass is 250 g/mol. The molecule has 3 heteroatoms. The number of phenolic OH excluding ortho intramolecular Hbond substituents is 1. The van der Waals surface area contributed by atoms with Crippen LogP contribution in [0, 0.1) is 0 Å². The number of likely N-dealkylation sites (N-methyl/N-ethyl adjacent to an activating group) is 1. The van der Waals surface area contributed by atoms with E-state index < -0.39 is 0 Å². The van der Waals surface area contributed by atoms with Crippen molar-refractivity contribution >= 4 is 0 Å². The molecule has 0 heterocycles. The molecule has 2 N–H and O–H groups in total. The minimum atomic E-state index is 0.156. The van der Waals surface area contributed by atoms with E-state index in [0.717, 1.165) is 13.0 Å². The summed E-state index contributed by atoms with van der Waals surface area (Å²) in [4.78, 5) is 2.23. The van der Waals surface area contributed by atoms with Gasteiger partial charge in [0, 0.05) is 18.1 Å². The SMILES string of the molecule is CC(Cc1ccc(O)cc1)NCC(C)(C)N(C)C. The topological polar surface area (TPSA) is 35.5 Å². The molecule has 0 aromatic heterocycles. The Bertz CT molecular complexity index is 357. The highest BCUT2D eigenvalue weighted by Gasteiger charge is 2.20. The van der Waals surface area contributed by atoms with Crippen molar-refractivity contribution in [3.05, 3.63) is 29.8 Å². The van der Waals surface area contributed by atoms with Crippen LogP contribution in [0.4, 0.5) is 0 Å². The molecule has 102 valence electrons. The molecule has 0 radical (unpaired) electrons. The van der Waals surface area contributed by atoms with Gasteiger partial charge in [0.15, 0.2) is 0 Å². The number of hydrogen-bond acceptors (Lipinski definition) is 3. The first-order valence-corrected chi connectivity index (χ1v) is 6.50. The molecule has 0 amide bonds. The smallest absolute Gasteiger partial charge is 0.115 e. The highest BCUT2D eigenvalue weighted by molar-refractivity contribution is 5.26. The Morgan fingerprint density at radius 2 is 1.78 bits per heavy atom. The molecule has 18 heavy (non-hydrogen) atoms. The molecule has 3 nitrogen and oxygen atoms in total. The molecule has 1 unspecified atom stereocenters. The van der Waals surface area contributed by atoms with Crippen LogP contribution < -0.4 is 5.32 Å². The maximum atomic E-state index is 9.24. The molecule has 1 rings (SSSR count). The summed E-state index contributed by atoms with van der Waals surface area (Å²) in [6.45, 7) is 7.61. The van der Waals surface area contributed by atoms with Crippen molar-refractivity contribution in [2.24, 2.45) is 0 Å². The molecule has 0 bridgehead atoms. The summed E-state index contributed by atoms with van der Waals surface area (Å²) >= 11 is 0. The summed E-state index contributed by atoms with van der Waals surface area (Å²) < 4.78 is 0. The Morgan fingerprint density at radius 3 is 2.28 bits per heavy atom. The molecule has 1 atom stereocenters. The molecule has 1 aromatic rings. The third kappa shape index (κ3) is 4.67. The molecule has 0 fully saturated rings. The number of nitrogens with zero attached hydrogens (tertiary/aromatic N) is 1. The second kappa shape index (κ2) is 6.21. The van der Waals surface area contributed by atoms with Crippen LogP contribution in [0.15, 0.2) is 24.3 Å². The second-order valence-electron chi connectivity index (χ2n) is 5.86. The van der Waals surface area contributed by atoms with Crippen molar-refractivity contribution in [2.75, 3.05) is 20.6 Å². The van der Waals surface area contributed by atoms with Gasteiger partial charge < -0.3 is 15.3 Å². The lowest BCUT2D eigenvalue weighted by Gasteiger charge is -2.34. The van der Waals surface area contributed by atoms with Gasteiger partial charge in [-0.3, -0.25) is 0 Å². The zero-order valence-corrected chi connectivity index (χ0v) is 12.2. The molecule has 0 spiro atoms. The number of hydrogen-bond donors (Lipinski definition) is 2. The van der Waals surface area contributed by atoms with Crippen LogP contribution in [0.1, 0.15) is 26.3 Å². The van der Waals surface area contributed by atoms with E-state index in [9.17, 15) is 5.11 Å². The van der Waals surface area contributed by atoms with Crippen LogP contribution >= 0.6 is 0 Å². The predicted molar refractivity (Wildman–Crippen MR) is 77.0 cm³/mol. The van der Waals surface area contributed by atoms with Crippen LogP contribution in [0.3, 0.4) is 0 Å². The van der Waals surface area contributed by atoms with Gasteiger partial charge in [-0.05, 0) is 59.0 Å². The molecular formula is C15H26N2O. The van der Waals surface area contributed by atoms with E-state index in [2.05, 4.69) is 45.1 Å².